The van der Waals surface area contributed by atoms with Crippen molar-refractivity contribution in [3.05, 3.63) is 34.2 Å². The molecular formula is C16H22F2N4O2. The molecule has 2 heterocycles. The molecule has 8 heteroatoms. The van der Waals surface area contributed by atoms with Gasteiger partial charge in [0.25, 0.3) is 11.5 Å². The van der Waals surface area contributed by atoms with Crippen molar-refractivity contribution in [2.45, 2.75) is 45.2 Å². The van der Waals surface area contributed by atoms with Crippen LogP contribution in [0, 0.1) is 10.8 Å². The quantitative estimate of drug-likeness (QED) is 0.652. The first-order valence-electron chi connectivity index (χ1n) is 7.89. The fourth-order valence-electron chi connectivity index (χ4n) is 2.83. The Kier molecular flexibility index (Phi) is 5.82. The number of hydrogen-bond donors (Lipinski definition) is 2. The Bertz CT molecular complexity index is 664. The minimum Gasteiger partial charge on any atom is -0.419 e. The lowest BCUT2D eigenvalue weighted by Gasteiger charge is -2.35. The highest BCUT2D eigenvalue weighted by atomic mass is 19.3. The third-order valence-corrected chi connectivity index (χ3v) is 4.24. The number of nitrogens with zero attached hydrogens (tertiary/aromatic N) is 2. The van der Waals surface area contributed by atoms with Gasteiger partial charge in [0.15, 0.2) is 0 Å². The molecule has 1 aromatic heterocycles. The number of hydrogen-bond acceptors (Lipinski definition) is 5. The Morgan fingerprint density at radius 2 is 1.92 bits per heavy atom. The Labute approximate surface area is 139 Å². The number of rotatable bonds is 4. The molecule has 0 atom stereocenters. The average molecular weight is 340 g/mol. The molecule has 0 saturated carbocycles. The smallest absolute Gasteiger partial charge is 0.312 e. The summed E-state index contributed by atoms with van der Waals surface area (Å²) in [5.41, 5.74) is -0.214. The third kappa shape index (κ3) is 4.25. The fraction of sp³-hybridized carbons (Fsp3) is 0.562. The van der Waals surface area contributed by atoms with Crippen molar-refractivity contribution in [3.63, 3.8) is 0 Å². The Balaban J connectivity index is 2.06. The summed E-state index contributed by atoms with van der Waals surface area (Å²) < 4.78 is 30.6. The fourth-order valence-corrected chi connectivity index (χ4v) is 2.83. The summed E-state index contributed by atoms with van der Waals surface area (Å²) in [7, 11) is 0. The normalized spacial score (nSPS) is 16.6. The van der Waals surface area contributed by atoms with E-state index in [0.29, 0.717) is 6.04 Å². The average Bonchev–Trinajstić information content (AvgIpc) is 2.54. The molecule has 0 bridgehead atoms. The molecule has 1 aliphatic heterocycles. The summed E-state index contributed by atoms with van der Waals surface area (Å²) in [6.45, 7) is 6.12. The topological polar surface area (TPSA) is 82.2 Å². The number of nitrogens with one attached hydrogen (secondary N) is 2. The van der Waals surface area contributed by atoms with Crippen LogP contribution in [0.3, 0.4) is 0 Å². The van der Waals surface area contributed by atoms with Gasteiger partial charge in [-0.25, -0.2) is 0 Å². The highest BCUT2D eigenvalue weighted by Crippen LogP contribution is 2.22. The second kappa shape index (κ2) is 7.65. The van der Waals surface area contributed by atoms with Crippen LogP contribution < -0.4 is 5.56 Å². The van der Waals surface area contributed by atoms with E-state index in [9.17, 15) is 13.6 Å². The monoisotopic (exact) mass is 340 g/mol. The summed E-state index contributed by atoms with van der Waals surface area (Å²) in [6.07, 6.45) is 0.206. The van der Waals surface area contributed by atoms with Gasteiger partial charge in [-0.05, 0) is 32.8 Å². The first-order chi connectivity index (χ1) is 11.3. The third-order valence-electron chi connectivity index (χ3n) is 4.24. The van der Waals surface area contributed by atoms with Crippen molar-refractivity contribution >= 4 is 11.8 Å². The van der Waals surface area contributed by atoms with Crippen LogP contribution in [0.5, 0.6) is 0 Å². The molecule has 1 aromatic rings. The minimum absolute atomic E-state index is 0.0845. The molecule has 132 valence electrons. The lowest BCUT2D eigenvalue weighted by Crippen LogP contribution is -2.40. The van der Waals surface area contributed by atoms with E-state index in [1.54, 1.807) is 10.8 Å². The van der Waals surface area contributed by atoms with Crippen molar-refractivity contribution in [2.75, 3.05) is 13.1 Å². The molecule has 1 saturated heterocycles. The van der Waals surface area contributed by atoms with Gasteiger partial charge in [-0.3, -0.25) is 15.6 Å². The molecular weight excluding hydrogens is 318 g/mol. The van der Waals surface area contributed by atoms with E-state index in [4.69, 9.17) is 10.8 Å². The standard InChI is InChI=1S/C16H22F2N4O2/c1-10(2)21-6-4-12(5-7-21)22-8-3-11(9-13(22)23)15(19)24-16(20)14(17)18/h3,8-10,12,14,19-20H,4-7H2,1-2H3. The number of ether oxygens (including phenoxy) is 1. The predicted molar refractivity (Wildman–Crippen MR) is 87.3 cm³/mol. The van der Waals surface area contributed by atoms with Crippen LogP contribution in [-0.4, -0.2) is 46.8 Å². The Morgan fingerprint density at radius 1 is 1.29 bits per heavy atom. The number of piperidine rings is 1. The van der Waals surface area contributed by atoms with Crippen molar-refractivity contribution in [2.24, 2.45) is 0 Å². The van der Waals surface area contributed by atoms with Gasteiger partial charge in [0.2, 0.25) is 5.90 Å². The molecule has 0 radical (unpaired) electrons. The second-order valence-electron chi connectivity index (χ2n) is 6.12. The van der Waals surface area contributed by atoms with Crippen molar-refractivity contribution < 1.29 is 13.5 Å². The largest absolute Gasteiger partial charge is 0.419 e. The maximum Gasteiger partial charge on any atom is 0.312 e. The van der Waals surface area contributed by atoms with E-state index in [1.807, 2.05) is 0 Å². The highest BCUT2D eigenvalue weighted by Gasteiger charge is 2.23. The number of aromatic nitrogens is 1. The number of pyridine rings is 1. The Hall–Kier alpha value is -2.09. The molecule has 2 rings (SSSR count). The number of alkyl halides is 2. The van der Waals surface area contributed by atoms with Crippen LogP contribution in [-0.2, 0) is 4.74 Å². The molecule has 1 fully saturated rings. The maximum absolute atomic E-state index is 12.3. The highest BCUT2D eigenvalue weighted by molar-refractivity contribution is 5.99. The molecule has 0 spiro atoms. The van der Waals surface area contributed by atoms with Gasteiger partial charge < -0.3 is 14.2 Å². The van der Waals surface area contributed by atoms with E-state index in [1.165, 1.54) is 12.1 Å². The van der Waals surface area contributed by atoms with Crippen LogP contribution in [0.15, 0.2) is 23.1 Å². The van der Waals surface area contributed by atoms with Crippen LogP contribution in [0.2, 0.25) is 0 Å². The van der Waals surface area contributed by atoms with Gasteiger partial charge in [-0.15, -0.1) is 0 Å². The summed E-state index contributed by atoms with van der Waals surface area (Å²) in [4.78, 5) is 14.6. The van der Waals surface area contributed by atoms with Crippen molar-refractivity contribution in [3.8, 4) is 0 Å². The zero-order chi connectivity index (χ0) is 17.9. The first kappa shape index (κ1) is 18.3. The molecule has 0 unspecified atom stereocenters. The zero-order valence-electron chi connectivity index (χ0n) is 13.8. The molecule has 24 heavy (non-hydrogen) atoms. The van der Waals surface area contributed by atoms with E-state index in [0.717, 1.165) is 25.9 Å². The zero-order valence-corrected chi connectivity index (χ0v) is 13.8. The number of likely N-dealkylation sites (tertiary alicyclic amines) is 1. The van der Waals surface area contributed by atoms with Gasteiger partial charge in [0.1, 0.15) is 0 Å². The number of halogens is 2. The van der Waals surface area contributed by atoms with Crippen LogP contribution in [0.25, 0.3) is 0 Å². The van der Waals surface area contributed by atoms with Gasteiger partial charge in [-0.2, -0.15) is 8.78 Å². The molecule has 1 aliphatic rings. The summed E-state index contributed by atoms with van der Waals surface area (Å²) in [6, 6.07) is 3.25. The van der Waals surface area contributed by atoms with Crippen LogP contribution in [0.1, 0.15) is 38.3 Å². The molecule has 6 nitrogen and oxygen atoms in total. The van der Waals surface area contributed by atoms with E-state index in [-0.39, 0.29) is 17.2 Å². The lowest BCUT2D eigenvalue weighted by molar-refractivity contribution is 0.150. The van der Waals surface area contributed by atoms with Gasteiger partial charge >= 0.3 is 6.43 Å². The van der Waals surface area contributed by atoms with Crippen LogP contribution in [0.4, 0.5) is 8.78 Å². The minimum atomic E-state index is -3.09. The SMILES string of the molecule is CC(C)N1CCC(n2ccc(C(=N)OC(=N)C(F)F)cc2=O)CC1. The molecule has 0 aromatic carbocycles. The van der Waals surface area contributed by atoms with E-state index >= 15 is 0 Å². The molecule has 0 amide bonds. The second-order valence-corrected chi connectivity index (χ2v) is 6.12. The molecule has 2 N–H and O–H groups in total. The van der Waals surface area contributed by atoms with Gasteiger partial charge in [-0.1, -0.05) is 0 Å². The van der Waals surface area contributed by atoms with Crippen LogP contribution >= 0.6 is 0 Å². The summed E-state index contributed by atoms with van der Waals surface area (Å²) >= 11 is 0. The maximum atomic E-state index is 12.3. The summed E-state index contributed by atoms with van der Waals surface area (Å²) in [5.74, 6) is -1.93. The van der Waals surface area contributed by atoms with Gasteiger partial charge in [0, 0.05) is 43.0 Å². The van der Waals surface area contributed by atoms with E-state index in [2.05, 4.69) is 23.5 Å². The summed E-state index contributed by atoms with van der Waals surface area (Å²) in [5, 5.41) is 14.5. The lowest BCUT2D eigenvalue weighted by atomic mass is 10.0. The van der Waals surface area contributed by atoms with Crippen molar-refractivity contribution in [1.29, 1.82) is 10.8 Å². The Morgan fingerprint density at radius 3 is 2.42 bits per heavy atom. The van der Waals surface area contributed by atoms with Gasteiger partial charge in [0.05, 0.1) is 0 Å². The van der Waals surface area contributed by atoms with Crippen molar-refractivity contribution in [1.82, 2.24) is 9.47 Å². The first-order valence-corrected chi connectivity index (χ1v) is 7.89. The van der Waals surface area contributed by atoms with E-state index < -0.39 is 18.2 Å². The molecule has 0 aliphatic carbocycles. The predicted octanol–water partition coefficient (Wildman–Crippen LogP) is 2.48.